The van der Waals surface area contributed by atoms with Gasteiger partial charge < -0.3 is 10.4 Å². The highest BCUT2D eigenvalue weighted by molar-refractivity contribution is 6.31. The molecule has 2 N–H and O–H groups in total. The molecule has 2 aromatic carbocycles. The van der Waals surface area contributed by atoms with Crippen LogP contribution in [0, 0.1) is 0 Å². The van der Waals surface area contributed by atoms with E-state index in [-0.39, 0.29) is 18.2 Å². The van der Waals surface area contributed by atoms with Gasteiger partial charge >= 0.3 is 0 Å². The van der Waals surface area contributed by atoms with E-state index < -0.39 is 0 Å². The van der Waals surface area contributed by atoms with Gasteiger partial charge in [0.2, 0.25) is 0 Å². The average Bonchev–Trinajstić information content (AvgIpc) is 2.38. The Morgan fingerprint density at radius 2 is 1.90 bits per heavy atom. The van der Waals surface area contributed by atoms with Gasteiger partial charge in [-0.3, -0.25) is 4.98 Å². The van der Waals surface area contributed by atoms with Gasteiger partial charge in [0.05, 0.1) is 5.52 Å². The molecule has 0 bridgehead atoms. The van der Waals surface area contributed by atoms with Crippen molar-refractivity contribution >= 4 is 46.3 Å². The van der Waals surface area contributed by atoms with E-state index in [2.05, 4.69) is 10.3 Å². The molecular weight excluding hydrogens is 295 g/mol. The van der Waals surface area contributed by atoms with E-state index in [1.165, 1.54) is 0 Å². The molecule has 0 amide bonds. The van der Waals surface area contributed by atoms with Crippen molar-refractivity contribution in [2.24, 2.45) is 0 Å². The second-order valence-corrected chi connectivity index (χ2v) is 4.63. The number of halogens is 2. The summed E-state index contributed by atoms with van der Waals surface area (Å²) >= 11 is 5.96. The van der Waals surface area contributed by atoms with Crippen molar-refractivity contribution in [3.63, 3.8) is 0 Å². The highest BCUT2D eigenvalue weighted by atomic mass is 35.5. The van der Waals surface area contributed by atoms with Gasteiger partial charge in [-0.05, 0) is 36.4 Å². The summed E-state index contributed by atoms with van der Waals surface area (Å²) in [5.41, 5.74) is 2.58. The van der Waals surface area contributed by atoms with E-state index in [4.69, 9.17) is 11.6 Å². The maximum atomic E-state index is 9.47. The van der Waals surface area contributed by atoms with Crippen molar-refractivity contribution in [2.45, 2.75) is 0 Å². The van der Waals surface area contributed by atoms with Crippen molar-refractivity contribution in [1.29, 1.82) is 0 Å². The van der Waals surface area contributed by atoms with E-state index in [0.29, 0.717) is 5.02 Å². The number of aromatic hydroxyl groups is 1. The summed E-state index contributed by atoms with van der Waals surface area (Å²) in [4.78, 5) is 4.29. The van der Waals surface area contributed by atoms with Crippen LogP contribution in [0.5, 0.6) is 5.75 Å². The van der Waals surface area contributed by atoms with E-state index >= 15 is 0 Å². The van der Waals surface area contributed by atoms with E-state index in [1.54, 1.807) is 24.4 Å². The molecule has 102 valence electrons. The minimum atomic E-state index is 0. The van der Waals surface area contributed by atoms with Crippen LogP contribution >= 0.6 is 24.0 Å². The highest BCUT2D eigenvalue weighted by Crippen LogP contribution is 2.28. The first kappa shape index (κ1) is 14.4. The summed E-state index contributed by atoms with van der Waals surface area (Å²) in [5.74, 6) is 0.228. The maximum absolute atomic E-state index is 9.47. The number of fused-ring (bicyclic) bond motifs is 1. The van der Waals surface area contributed by atoms with Crippen LogP contribution in [-0.2, 0) is 0 Å². The normalized spacial score (nSPS) is 10.1. The van der Waals surface area contributed by atoms with Gasteiger partial charge in [-0.2, -0.15) is 0 Å². The Morgan fingerprint density at radius 3 is 2.70 bits per heavy atom. The number of anilines is 2. The fourth-order valence-corrected chi connectivity index (χ4v) is 2.14. The average molecular weight is 307 g/mol. The maximum Gasteiger partial charge on any atom is 0.117 e. The second-order valence-electron chi connectivity index (χ2n) is 4.20. The van der Waals surface area contributed by atoms with Crippen molar-refractivity contribution in [3.05, 3.63) is 59.8 Å². The molecule has 0 aliphatic carbocycles. The number of pyridine rings is 1. The molecule has 5 heteroatoms. The smallest absolute Gasteiger partial charge is 0.117 e. The number of benzene rings is 2. The summed E-state index contributed by atoms with van der Waals surface area (Å²) in [7, 11) is 0. The molecule has 0 saturated carbocycles. The van der Waals surface area contributed by atoms with Gasteiger partial charge in [0.1, 0.15) is 5.75 Å². The second kappa shape index (κ2) is 5.99. The van der Waals surface area contributed by atoms with Gasteiger partial charge in [-0.25, -0.2) is 0 Å². The van der Waals surface area contributed by atoms with Gasteiger partial charge in [0, 0.05) is 34.0 Å². The standard InChI is InChI=1S/C15H11ClN2O.ClH/c16-10-4-5-13-14(6-7-17-15(13)8-10)18-11-2-1-3-12(19)9-11;/h1-9,19H,(H,17,18);1H. The summed E-state index contributed by atoms with van der Waals surface area (Å²) in [5, 5.41) is 14.4. The van der Waals surface area contributed by atoms with Crippen LogP contribution in [0.25, 0.3) is 10.9 Å². The van der Waals surface area contributed by atoms with E-state index in [1.807, 2.05) is 30.3 Å². The lowest BCUT2D eigenvalue weighted by molar-refractivity contribution is 0.475. The first-order valence-electron chi connectivity index (χ1n) is 5.83. The van der Waals surface area contributed by atoms with Crippen molar-refractivity contribution in [1.82, 2.24) is 4.98 Å². The zero-order chi connectivity index (χ0) is 13.2. The van der Waals surface area contributed by atoms with Gasteiger partial charge in [-0.15, -0.1) is 12.4 Å². The predicted octanol–water partition coefficient (Wildman–Crippen LogP) is 4.76. The molecule has 1 aromatic heterocycles. The molecule has 3 aromatic rings. The Balaban J connectivity index is 0.00000147. The molecule has 0 aliphatic heterocycles. The third-order valence-corrected chi connectivity index (χ3v) is 3.07. The number of aromatic nitrogens is 1. The lowest BCUT2D eigenvalue weighted by atomic mass is 10.2. The van der Waals surface area contributed by atoms with Gasteiger partial charge in [0.15, 0.2) is 0 Å². The zero-order valence-electron chi connectivity index (χ0n) is 10.4. The zero-order valence-corrected chi connectivity index (χ0v) is 11.9. The first-order chi connectivity index (χ1) is 9.22. The molecule has 0 aliphatic rings. The lowest BCUT2D eigenvalue weighted by Crippen LogP contribution is -1.92. The molecule has 0 spiro atoms. The third-order valence-electron chi connectivity index (χ3n) is 2.83. The fraction of sp³-hybridized carbons (Fsp3) is 0. The third kappa shape index (κ3) is 2.95. The van der Waals surface area contributed by atoms with Crippen molar-refractivity contribution in [2.75, 3.05) is 5.32 Å². The number of phenolic OH excluding ortho intramolecular Hbond substituents is 1. The Kier molecular flexibility index (Phi) is 4.32. The molecule has 3 nitrogen and oxygen atoms in total. The molecule has 20 heavy (non-hydrogen) atoms. The van der Waals surface area contributed by atoms with Gasteiger partial charge in [-0.1, -0.05) is 17.7 Å². The van der Waals surface area contributed by atoms with Crippen LogP contribution in [0.15, 0.2) is 54.7 Å². The number of hydrogen-bond acceptors (Lipinski definition) is 3. The Morgan fingerprint density at radius 1 is 1.05 bits per heavy atom. The van der Waals surface area contributed by atoms with Crippen LogP contribution in [0.3, 0.4) is 0 Å². The first-order valence-corrected chi connectivity index (χ1v) is 6.20. The van der Waals surface area contributed by atoms with E-state index in [0.717, 1.165) is 22.3 Å². The number of nitrogens with one attached hydrogen (secondary N) is 1. The SMILES string of the molecule is Cl.Oc1cccc(Nc2ccnc3cc(Cl)ccc23)c1. The van der Waals surface area contributed by atoms with Crippen LogP contribution in [-0.4, -0.2) is 10.1 Å². The van der Waals surface area contributed by atoms with Gasteiger partial charge in [0.25, 0.3) is 0 Å². The predicted molar refractivity (Wildman–Crippen MR) is 85.4 cm³/mol. The molecule has 0 unspecified atom stereocenters. The van der Waals surface area contributed by atoms with Crippen LogP contribution in [0.4, 0.5) is 11.4 Å². The minimum absolute atomic E-state index is 0. The largest absolute Gasteiger partial charge is 0.508 e. The number of phenols is 1. The van der Waals surface area contributed by atoms with Crippen LogP contribution in [0.1, 0.15) is 0 Å². The van der Waals surface area contributed by atoms with Crippen molar-refractivity contribution < 1.29 is 5.11 Å². The van der Waals surface area contributed by atoms with Crippen LogP contribution in [0.2, 0.25) is 5.02 Å². The summed E-state index contributed by atoms with van der Waals surface area (Å²) in [6.45, 7) is 0. The highest BCUT2D eigenvalue weighted by Gasteiger charge is 2.03. The summed E-state index contributed by atoms with van der Waals surface area (Å²) in [6.07, 6.45) is 1.73. The molecule has 0 atom stereocenters. The number of rotatable bonds is 2. The Hall–Kier alpha value is -1.97. The van der Waals surface area contributed by atoms with Crippen molar-refractivity contribution in [3.8, 4) is 5.75 Å². The molecule has 1 heterocycles. The van der Waals surface area contributed by atoms with Crippen LogP contribution < -0.4 is 5.32 Å². The monoisotopic (exact) mass is 306 g/mol. The van der Waals surface area contributed by atoms with E-state index in [9.17, 15) is 5.11 Å². The Labute approximate surface area is 127 Å². The molecule has 0 saturated heterocycles. The number of nitrogens with zero attached hydrogens (tertiary/aromatic N) is 1. The molecule has 0 fully saturated rings. The molecular formula is C15H12Cl2N2O. The fourth-order valence-electron chi connectivity index (χ4n) is 1.97. The Bertz CT molecular complexity index is 747. The molecule has 0 radical (unpaired) electrons. The number of hydrogen-bond donors (Lipinski definition) is 2. The topological polar surface area (TPSA) is 45.1 Å². The lowest BCUT2D eigenvalue weighted by Gasteiger charge is -2.09. The minimum Gasteiger partial charge on any atom is -0.508 e. The summed E-state index contributed by atoms with van der Waals surface area (Å²) < 4.78 is 0. The molecule has 3 rings (SSSR count). The summed E-state index contributed by atoms with van der Waals surface area (Å²) in [6, 6.07) is 14.5. The quantitative estimate of drug-likeness (QED) is 0.717.